The highest BCUT2D eigenvalue weighted by atomic mass is 16.5. The number of hydrogen-bond acceptors (Lipinski definition) is 2. The molecule has 0 N–H and O–H groups in total. The van der Waals surface area contributed by atoms with Crippen LogP contribution in [-0.2, 0) is 15.6 Å². The van der Waals surface area contributed by atoms with Gasteiger partial charge < -0.3 is 9.64 Å². The lowest BCUT2D eigenvalue weighted by atomic mass is 9.79. The van der Waals surface area contributed by atoms with Crippen molar-refractivity contribution in [3.05, 3.63) is 53.6 Å². The monoisotopic (exact) mass is 351 g/mol. The number of anilines is 1. The topological polar surface area (TPSA) is 12.5 Å². The van der Waals surface area contributed by atoms with Crippen LogP contribution in [0.2, 0.25) is 0 Å². The number of rotatable bonds is 2. The van der Waals surface area contributed by atoms with E-state index >= 15 is 0 Å². The summed E-state index contributed by atoms with van der Waals surface area (Å²) in [5, 5.41) is 0. The second-order valence-electron chi connectivity index (χ2n) is 9.45. The van der Waals surface area contributed by atoms with E-state index in [9.17, 15) is 0 Å². The predicted octanol–water partition coefficient (Wildman–Crippen LogP) is 5.79. The quantitative estimate of drug-likeness (QED) is 0.679. The summed E-state index contributed by atoms with van der Waals surface area (Å²) in [6.45, 7) is 17.4. The van der Waals surface area contributed by atoms with E-state index in [1.165, 1.54) is 27.9 Å². The van der Waals surface area contributed by atoms with Crippen LogP contribution in [0.15, 0.2) is 42.5 Å². The Bertz CT molecular complexity index is 709. The minimum atomic E-state index is 0.143. The third-order valence-corrected chi connectivity index (χ3v) is 5.24. The molecule has 1 aliphatic heterocycles. The van der Waals surface area contributed by atoms with Crippen LogP contribution in [0, 0.1) is 0 Å². The zero-order valence-corrected chi connectivity index (χ0v) is 17.2. The summed E-state index contributed by atoms with van der Waals surface area (Å²) < 4.78 is 5.46. The van der Waals surface area contributed by atoms with Crippen LogP contribution in [-0.4, -0.2) is 26.3 Å². The maximum absolute atomic E-state index is 5.46. The fraction of sp³-hybridized carbons (Fsp3) is 0.500. The van der Waals surface area contributed by atoms with Crippen LogP contribution in [0.3, 0.4) is 0 Å². The van der Waals surface area contributed by atoms with Crippen molar-refractivity contribution in [2.75, 3.05) is 31.2 Å². The molecular formula is C24H33NO. The Morgan fingerprint density at radius 1 is 0.692 bits per heavy atom. The van der Waals surface area contributed by atoms with E-state index in [2.05, 4.69) is 88.9 Å². The average Bonchev–Trinajstić information content (AvgIpc) is 2.61. The summed E-state index contributed by atoms with van der Waals surface area (Å²) in [5.41, 5.74) is 6.98. The number of nitrogens with zero attached hydrogens (tertiary/aromatic N) is 1. The van der Waals surface area contributed by atoms with E-state index in [1.807, 2.05) is 0 Å². The molecule has 0 aliphatic carbocycles. The van der Waals surface area contributed by atoms with E-state index in [0.717, 1.165) is 26.3 Å². The van der Waals surface area contributed by atoms with Crippen LogP contribution in [0.25, 0.3) is 11.1 Å². The van der Waals surface area contributed by atoms with Gasteiger partial charge in [-0.1, -0.05) is 71.9 Å². The summed E-state index contributed by atoms with van der Waals surface area (Å²) in [7, 11) is 0. The van der Waals surface area contributed by atoms with Gasteiger partial charge in [0.2, 0.25) is 0 Å². The van der Waals surface area contributed by atoms with Gasteiger partial charge in [-0.15, -0.1) is 0 Å². The highest BCUT2D eigenvalue weighted by molar-refractivity contribution is 5.68. The lowest BCUT2D eigenvalue weighted by molar-refractivity contribution is 0.122. The van der Waals surface area contributed by atoms with Crippen molar-refractivity contribution in [3.8, 4) is 11.1 Å². The Morgan fingerprint density at radius 3 is 1.65 bits per heavy atom. The molecule has 0 spiro atoms. The molecule has 1 heterocycles. The number of ether oxygens (including phenoxy) is 1. The van der Waals surface area contributed by atoms with Crippen LogP contribution in [0.5, 0.6) is 0 Å². The van der Waals surface area contributed by atoms with Crippen molar-refractivity contribution in [1.82, 2.24) is 0 Å². The Morgan fingerprint density at radius 2 is 1.19 bits per heavy atom. The van der Waals surface area contributed by atoms with E-state index in [-0.39, 0.29) is 10.8 Å². The predicted molar refractivity (Wildman–Crippen MR) is 112 cm³/mol. The summed E-state index contributed by atoms with van der Waals surface area (Å²) >= 11 is 0. The van der Waals surface area contributed by atoms with Gasteiger partial charge in [-0.2, -0.15) is 0 Å². The first-order valence-electron chi connectivity index (χ1n) is 9.74. The van der Waals surface area contributed by atoms with Crippen molar-refractivity contribution in [2.24, 2.45) is 0 Å². The van der Waals surface area contributed by atoms with Gasteiger partial charge in [0.25, 0.3) is 0 Å². The lowest BCUT2D eigenvalue weighted by Gasteiger charge is -2.29. The Kier molecular flexibility index (Phi) is 5.16. The van der Waals surface area contributed by atoms with Crippen molar-refractivity contribution < 1.29 is 4.74 Å². The SMILES string of the molecule is CC(C)(C)c1cc(-c2ccc(N3CCOCC3)cc2)cc(C(C)(C)C)c1. The fourth-order valence-corrected chi connectivity index (χ4v) is 3.35. The van der Waals surface area contributed by atoms with E-state index in [4.69, 9.17) is 4.74 Å². The van der Waals surface area contributed by atoms with Crippen LogP contribution >= 0.6 is 0 Å². The Labute approximate surface area is 159 Å². The zero-order chi connectivity index (χ0) is 18.9. The van der Waals surface area contributed by atoms with E-state index in [0.29, 0.717) is 0 Å². The summed E-state index contributed by atoms with van der Waals surface area (Å²) in [6.07, 6.45) is 0. The van der Waals surface area contributed by atoms with Crippen LogP contribution in [0.4, 0.5) is 5.69 Å². The molecule has 0 amide bonds. The van der Waals surface area contributed by atoms with Crippen LogP contribution in [0.1, 0.15) is 52.7 Å². The minimum absolute atomic E-state index is 0.143. The Balaban J connectivity index is 1.97. The molecule has 3 rings (SSSR count). The van der Waals surface area contributed by atoms with Gasteiger partial charge in [-0.25, -0.2) is 0 Å². The summed E-state index contributed by atoms with van der Waals surface area (Å²) in [6, 6.07) is 16.1. The van der Waals surface area contributed by atoms with E-state index in [1.54, 1.807) is 0 Å². The minimum Gasteiger partial charge on any atom is -0.378 e. The van der Waals surface area contributed by atoms with Crippen molar-refractivity contribution >= 4 is 5.69 Å². The first-order chi connectivity index (χ1) is 12.1. The second kappa shape index (κ2) is 7.08. The molecule has 0 bridgehead atoms. The van der Waals surface area contributed by atoms with Gasteiger partial charge in [0.15, 0.2) is 0 Å². The van der Waals surface area contributed by atoms with Gasteiger partial charge in [0.05, 0.1) is 13.2 Å². The maximum atomic E-state index is 5.46. The fourth-order valence-electron chi connectivity index (χ4n) is 3.35. The molecule has 2 heteroatoms. The molecule has 2 aromatic rings. The average molecular weight is 352 g/mol. The molecule has 1 aliphatic rings. The smallest absolute Gasteiger partial charge is 0.0642 e. The molecule has 0 saturated carbocycles. The van der Waals surface area contributed by atoms with Crippen molar-refractivity contribution in [1.29, 1.82) is 0 Å². The number of benzene rings is 2. The van der Waals surface area contributed by atoms with Gasteiger partial charge in [-0.3, -0.25) is 0 Å². The third kappa shape index (κ3) is 4.29. The molecule has 26 heavy (non-hydrogen) atoms. The lowest BCUT2D eigenvalue weighted by Crippen LogP contribution is -2.36. The molecule has 0 atom stereocenters. The van der Waals surface area contributed by atoms with Crippen LogP contribution < -0.4 is 4.90 Å². The van der Waals surface area contributed by atoms with Crippen molar-refractivity contribution in [3.63, 3.8) is 0 Å². The molecule has 2 aromatic carbocycles. The summed E-state index contributed by atoms with van der Waals surface area (Å²) in [4.78, 5) is 2.40. The molecule has 1 saturated heterocycles. The molecule has 1 fully saturated rings. The van der Waals surface area contributed by atoms with E-state index < -0.39 is 0 Å². The normalized spacial score (nSPS) is 16.0. The van der Waals surface area contributed by atoms with Gasteiger partial charge in [0, 0.05) is 18.8 Å². The Hall–Kier alpha value is -1.80. The first kappa shape index (κ1) is 19.0. The van der Waals surface area contributed by atoms with Gasteiger partial charge in [-0.05, 0) is 45.2 Å². The van der Waals surface area contributed by atoms with Crippen molar-refractivity contribution in [2.45, 2.75) is 52.4 Å². The van der Waals surface area contributed by atoms with Gasteiger partial charge in [0.1, 0.15) is 0 Å². The molecule has 0 unspecified atom stereocenters. The summed E-state index contributed by atoms with van der Waals surface area (Å²) in [5.74, 6) is 0. The third-order valence-electron chi connectivity index (χ3n) is 5.24. The second-order valence-corrected chi connectivity index (χ2v) is 9.45. The molecule has 0 aromatic heterocycles. The largest absolute Gasteiger partial charge is 0.378 e. The molecular weight excluding hydrogens is 318 g/mol. The molecule has 0 radical (unpaired) electrons. The highest BCUT2D eigenvalue weighted by Gasteiger charge is 2.21. The zero-order valence-electron chi connectivity index (χ0n) is 17.2. The number of hydrogen-bond donors (Lipinski definition) is 0. The highest BCUT2D eigenvalue weighted by Crippen LogP contribution is 2.34. The number of morpholine rings is 1. The first-order valence-corrected chi connectivity index (χ1v) is 9.74. The van der Waals surface area contributed by atoms with Gasteiger partial charge >= 0.3 is 0 Å². The standard InChI is InChI=1S/C24H33NO/c1-23(2,3)20-15-19(16-21(17-20)24(4,5)6)18-7-9-22(10-8-18)25-11-13-26-14-12-25/h7-10,15-17H,11-14H2,1-6H3. The molecule has 140 valence electrons. The maximum Gasteiger partial charge on any atom is 0.0642 e. The molecule has 2 nitrogen and oxygen atoms in total.